The monoisotopic (exact) mass is 283 g/mol. The highest BCUT2D eigenvalue weighted by Crippen LogP contribution is 2.21. The molecule has 6 heteroatoms. The Balaban J connectivity index is 2.00. The molecule has 2 aliphatic rings. The molecule has 0 aromatic carbocycles. The molecule has 0 aliphatic carbocycles. The van der Waals surface area contributed by atoms with E-state index >= 15 is 0 Å². The van der Waals surface area contributed by atoms with Crippen LogP contribution in [0.3, 0.4) is 0 Å². The van der Waals surface area contributed by atoms with Crippen molar-refractivity contribution < 1.29 is 14.3 Å². The topological polar surface area (TPSA) is 61.9 Å². The maximum atomic E-state index is 12.4. The van der Waals surface area contributed by atoms with E-state index in [1.54, 1.807) is 9.80 Å². The summed E-state index contributed by atoms with van der Waals surface area (Å²) in [5.41, 5.74) is -0.395. The summed E-state index contributed by atoms with van der Waals surface area (Å²) in [5.74, 6) is -0.770. The van der Waals surface area contributed by atoms with Crippen molar-refractivity contribution in [3.8, 4) is 0 Å². The lowest BCUT2D eigenvalue weighted by Crippen LogP contribution is -2.57. The standard InChI is InChI=1S/C14H25N3O3/c1-11-9-17(10-14(2,3)20-11)13(19)12(18)16-7-4-5-15-6-8-16/h11,15H,4-10H2,1-3H3. The second-order valence-corrected chi connectivity index (χ2v) is 6.27. The van der Waals surface area contributed by atoms with Crippen molar-refractivity contribution in [2.24, 2.45) is 0 Å². The predicted molar refractivity (Wildman–Crippen MR) is 75.3 cm³/mol. The average Bonchev–Trinajstić information content (AvgIpc) is 2.63. The van der Waals surface area contributed by atoms with Gasteiger partial charge < -0.3 is 19.9 Å². The van der Waals surface area contributed by atoms with Crippen molar-refractivity contribution in [3.05, 3.63) is 0 Å². The van der Waals surface area contributed by atoms with E-state index in [2.05, 4.69) is 5.32 Å². The van der Waals surface area contributed by atoms with E-state index in [1.165, 1.54) is 0 Å². The van der Waals surface area contributed by atoms with E-state index in [0.29, 0.717) is 26.2 Å². The van der Waals surface area contributed by atoms with Gasteiger partial charge in [-0.25, -0.2) is 0 Å². The Morgan fingerprint density at radius 1 is 1.15 bits per heavy atom. The van der Waals surface area contributed by atoms with Crippen LogP contribution in [0.25, 0.3) is 0 Å². The van der Waals surface area contributed by atoms with Crippen LogP contribution in [0.15, 0.2) is 0 Å². The first-order valence-electron chi connectivity index (χ1n) is 7.36. The van der Waals surface area contributed by atoms with Gasteiger partial charge in [0.25, 0.3) is 0 Å². The molecule has 1 N–H and O–H groups in total. The van der Waals surface area contributed by atoms with Crippen molar-refractivity contribution in [2.75, 3.05) is 39.3 Å². The fourth-order valence-corrected chi connectivity index (χ4v) is 2.93. The highest BCUT2D eigenvalue weighted by molar-refractivity contribution is 6.34. The van der Waals surface area contributed by atoms with Crippen molar-refractivity contribution in [1.82, 2.24) is 15.1 Å². The molecule has 1 atom stereocenters. The Hall–Kier alpha value is -1.14. The third-order valence-corrected chi connectivity index (χ3v) is 3.67. The van der Waals surface area contributed by atoms with Gasteiger partial charge in [0.15, 0.2) is 0 Å². The van der Waals surface area contributed by atoms with Crippen LogP contribution in [0.2, 0.25) is 0 Å². The molecule has 0 aromatic rings. The van der Waals surface area contributed by atoms with E-state index in [0.717, 1.165) is 19.5 Å². The molecule has 2 amide bonds. The Morgan fingerprint density at radius 3 is 2.55 bits per heavy atom. The van der Waals surface area contributed by atoms with Crippen LogP contribution in [0.5, 0.6) is 0 Å². The summed E-state index contributed by atoms with van der Waals surface area (Å²) in [6, 6.07) is 0. The van der Waals surface area contributed by atoms with Gasteiger partial charge in [0.1, 0.15) is 0 Å². The summed E-state index contributed by atoms with van der Waals surface area (Å²) >= 11 is 0. The highest BCUT2D eigenvalue weighted by atomic mass is 16.5. The first-order chi connectivity index (χ1) is 9.39. The summed E-state index contributed by atoms with van der Waals surface area (Å²) in [6.45, 7) is 9.69. The van der Waals surface area contributed by atoms with E-state index in [4.69, 9.17) is 4.74 Å². The van der Waals surface area contributed by atoms with Crippen molar-refractivity contribution >= 4 is 11.8 Å². The number of ether oxygens (including phenoxy) is 1. The zero-order valence-electron chi connectivity index (χ0n) is 12.6. The molecular formula is C14H25N3O3. The van der Waals surface area contributed by atoms with Crippen LogP contribution in [0, 0.1) is 0 Å². The fraction of sp³-hybridized carbons (Fsp3) is 0.857. The summed E-state index contributed by atoms with van der Waals surface area (Å²) in [7, 11) is 0. The first kappa shape index (κ1) is 15.3. The lowest BCUT2D eigenvalue weighted by molar-refractivity contribution is -0.167. The van der Waals surface area contributed by atoms with E-state index < -0.39 is 11.5 Å². The minimum Gasteiger partial charge on any atom is -0.369 e. The number of carbonyl (C=O) groups excluding carboxylic acids is 2. The molecular weight excluding hydrogens is 258 g/mol. The Kier molecular flexibility index (Phi) is 4.65. The second-order valence-electron chi connectivity index (χ2n) is 6.27. The zero-order valence-corrected chi connectivity index (χ0v) is 12.6. The summed E-state index contributed by atoms with van der Waals surface area (Å²) < 4.78 is 5.77. The third-order valence-electron chi connectivity index (χ3n) is 3.67. The van der Waals surface area contributed by atoms with Gasteiger partial charge in [0, 0.05) is 32.7 Å². The number of morpholine rings is 1. The molecule has 20 heavy (non-hydrogen) atoms. The summed E-state index contributed by atoms with van der Waals surface area (Å²) in [6.07, 6.45) is 0.852. The molecule has 2 rings (SSSR count). The lowest BCUT2D eigenvalue weighted by Gasteiger charge is -2.41. The SMILES string of the molecule is CC1CN(C(=O)C(=O)N2CCCNCC2)CC(C)(C)O1. The van der Waals surface area contributed by atoms with Gasteiger partial charge in [0.2, 0.25) is 0 Å². The minimum atomic E-state index is -0.395. The minimum absolute atomic E-state index is 0.0405. The molecule has 1 unspecified atom stereocenters. The van der Waals surface area contributed by atoms with Crippen LogP contribution in [-0.2, 0) is 14.3 Å². The molecule has 2 heterocycles. The fourth-order valence-electron chi connectivity index (χ4n) is 2.93. The Morgan fingerprint density at radius 2 is 1.85 bits per heavy atom. The third kappa shape index (κ3) is 3.70. The normalized spacial score (nSPS) is 27.1. The number of carbonyl (C=O) groups is 2. The van der Waals surface area contributed by atoms with Crippen molar-refractivity contribution in [3.63, 3.8) is 0 Å². The maximum absolute atomic E-state index is 12.4. The van der Waals surface area contributed by atoms with Gasteiger partial charge in [0.05, 0.1) is 11.7 Å². The number of nitrogens with one attached hydrogen (secondary N) is 1. The van der Waals surface area contributed by atoms with Crippen LogP contribution in [0.1, 0.15) is 27.2 Å². The van der Waals surface area contributed by atoms with Gasteiger partial charge in [-0.2, -0.15) is 0 Å². The van der Waals surface area contributed by atoms with Crippen molar-refractivity contribution in [2.45, 2.75) is 38.9 Å². The lowest BCUT2D eigenvalue weighted by atomic mass is 10.1. The number of hydrogen-bond acceptors (Lipinski definition) is 4. The van der Waals surface area contributed by atoms with Crippen molar-refractivity contribution in [1.29, 1.82) is 0 Å². The molecule has 2 fully saturated rings. The number of nitrogens with zero attached hydrogens (tertiary/aromatic N) is 2. The molecule has 2 saturated heterocycles. The van der Waals surface area contributed by atoms with Crippen LogP contribution in [-0.4, -0.2) is 72.6 Å². The number of rotatable bonds is 0. The van der Waals surface area contributed by atoms with Gasteiger partial charge in [-0.15, -0.1) is 0 Å². The largest absolute Gasteiger partial charge is 0.369 e. The average molecular weight is 283 g/mol. The molecule has 0 saturated carbocycles. The van der Waals surface area contributed by atoms with E-state index in [9.17, 15) is 9.59 Å². The van der Waals surface area contributed by atoms with E-state index in [1.807, 2.05) is 20.8 Å². The van der Waals surface area contributed by atoms with Gasteiger partial charge >= 0.3 is 11.8 Å². The second kappa shape index (κ2) is 6.10. The molecule has 0 aromatic heterocycles. The smallest absolute Gasteiger partial charge is 0.312 e. The number of amides is 2. The number of hydrogen-bond donors (Lipinski definition) is 1. The van der Waals surface area contributed by atoms with Gasteiger partial charge in [-0.3, -0.25) is 9.59 Å². The molecule has 114 valence electrons. The summed E-state index contributed by atoms with van der Waals surface area (Å²) in [5, 5.41) is 3.23. The van der Waals surface area contributed by atoms with Crippen LogP contribution < -0.4 is 5.32 Å². The first-order valence-corrected chi connectivity index (χ1v) is 7.36. The molecule has 0 radical (unpaired) electrons. The summed E-state index contributed by atoms with van der Waals surface area (Å²) in [4.78, 5) is 28.0. The molecule has 0 bridgehead atoms. The predicted octanol–water partition coefficient (Wildman–Crippen LogP) is -0.166. The Bertz CT molecular complexity index is 376. The highest BCUT2D eigenvalue weighted by Gasteiger charge is 2.37. The van der Waals surface area contributed by atoms with Crippen LogP contribution >= 0.6 is 0 Å². The Labute approximate surface area is 120 Å². The maximum Gasteiger partial charge on any atom is 0.312 e. The molecule has 2 aliphatic heterocycles. The zero-order chi connectivity index (χ0) is 14.8. The molecule has 0 spiro atoms. The van der Waals surface area contributed by atoms with Crippen LogP contribution in [0.4, 0.5) is 0 Å². The van der Waals surface area contributed by atoms with Gasteiger partial charge in [-0.1, -0.05) is 0 Å². The quantitative estimate of drug-likeness (QED) is 0.627. The molecule has 6 nitrogen and oxygen atoms in total. The van der Waals surface area contributed by atoms with E-state index in [-0.39, 0.29) is 12.0 Å². The van der Waals surface area contributed by atoms with Gasteiger partial charge in [-0.05, 0) is 33.7 Å².